The summed E-state index contributed by atoms with van der Waals surface area (Å²) >= 11 is 0. The van der Waals surface area contributed by atoms with Crippen LogP contribution in [0.1, 0.15) is 15.9 Å². The van der Waals surface area contributed by atoms with Gasteiger partial charge in [0.05, 0.1) is 11.3 Å². The highest BCUT2D eigenvalue weighted by Crippen LogP contribution is 2.14. The van der Waals surface area contributed by atoms with E-state index >= 15 is 0 Å². The summed E-state index contributed by atoms with van der Waals surface area (Å²) in [4.78, 5) is 23.0. The van der Waals surface area contributed by atoms with E-state index in [1.807, 2.05) is 0 Å². The van der Waals surface area contributed by atoms with Gasteiger partial charge in [0.15, 0.2) is 0 Å². The Kier molecular flexibility index (Phi) is 4.50. The van der Waals surface area contributed by atoms with Crippen LogP contribution in [-0.4, -0.2) is 11.9 Å². The average Bonchev–Trinajstić information content (AvgIpc) is 2.45. The first-order chi connectivity index (χ1) is 10.1. The van der Waals surface area contributed by atoms with Gasteiger partial charge < -0.3 is 16.4 Å². The topological polar surface area (TPSA) is 84.2 Å². The van der Waals surface area contributed by atoms with E-state index in [4.69, 9.17) is 5.73 Å². The molecule has 3 amide bonds. The first kappa shape index (κ1) is 14.5. The molecule has 0 aliphatic rings. The minimum Gasteiger partial charge on any atom is -0.366 e. The molecule has 2 aromatic rings. The molecule has 0 fully saturated rings. The Morgan fingerprint density at radius 2 is 1.86 bits per heavy atom. The number of halogens is 1. The van der Waals surface area contributed by atoms with Gasteiger partial charge in [-0.1, -0.05) is 24.3 Å². The minimum absolute atomic E-state index is 0.169. The molecule has 0 radical (unpaired) electrons. The van der Waals surface area contributed by atoms with Crippen LogP contribution in [-0.2, 0) is 6.54 Å². The normalized spacial score (nSPS) is 9.95. The van der Waals surface area contributed by atoms with Crippen LogP contribution in [0.5, 0.6) is 0 Å². The standard InChI is InChI=1S/C15H14FN3O2/c16-11-5-3-4-10(8-11)9-18-15(21)19-13-7-2-1-6-12(13)14(17)20/h1-8H,9H2,(H2,17,20)(H2,18,19,21). The third-order valence-corrected chi connectivity index (χ3v) is 2.78. The fourth-order valence-corrected chi connectivity index (χ4v) is 1.80. The number of amides is 3. The van der Waals surface area contributed by atoms with Crippen LogP contribution in [0.15, 0.2) is 48.5 Å². The van der Waals surface area contributed by atoms with Crippen LogP contribution in [0.25, 0.3) is 0 Å². The molecule has 4 N–H and O–H groups in total. The lowest BCUT2D eigenvalue weighted by Gasteiger charge is -2.10. The zero-order chi connectivity index (χ0) is 15.2. The molecular formula is C15H14FN3O2. The van der Waals surface area contributed by atoms with Crippen molar-refractivity contribution in [1.29, 1.82) is 0 Å². The van der Waals surface area contributed by atoms with Crippen molar-refractivity contribution in [3.63, 3.8) is 0 Å². The van der Waals surface area contributed by atoms with Gasteiger partial charge in [-0.25, -0.2) is 9.18 Å². The van der Waals surface area contributed by atoms with E-state index in [9.17, 15) is 14.0 Å². The SMILES string of the molecule is NC(=O)c1ccccc1NC(=O)NCc1cccc(F)c1. The highest BCUT2D eigenvalue weighted by Gasteiger charge is 2.09. The molecule has 0 atom stereocenters. The summed E-state index contributed by atoms with van der Waals surface area (Å²) in [5, 5.41) is 5.10. The van der Waals surface area contributed by atoms with Crippen molar-refractivity contribution < 1.29 is 14.0 Å². The molecule has 0 bridgehead atoms. The third-order valence-electron chi connectivity index (χ3n) is 2.78. The maximum atomic E-state index is 13.0. The molecule has 0 aliphatic heterocycles. The fraction of sp³-hybridized carbons (Fsp3) is 0.0667. The molecule has 0 saturated heterocycles. The third kappa shape index (κ3) is 4.04. The van der Waals surface area contributed by atoms with Gasteiger partial charge in [0.2, 0.25) is 0 Å². The first-order valence-corrected chi connectivity index (χ1v) is 6.24. The smallest absolute Gasteiger partial charge is 0.319 e. The van der Waals surface area contributed by atoms with Crippen LogP contribution < -0.4 is 16.4 Å². The number of primary amides is 1. The average molecular weight is 287 g/mol. The van der Waals surface area contributed by atoms with E-state index in [0.29, 0.717) is 11.3 Å². The van der Waals surface area contributed by atoms with Crippen molar-refractivity contribution >= 4 is 17.6 Å². The predicted molar refractivity (Wildman–Crippen MR) is 77.2 cm³/mol. The van der Waals surface area contributed by atoms with Gasteiger partial charge in [0.25, 0.3) is 5.91 Å². The summed E-state index contributed by atoms with van der Waals surface area (Å²) in [6.07, 6.45) is 0. The van der Waals surface area contributed by atoms with Crippen molar-refractivity contribution in [2.75, 3.05) is 5.32 Å². The molecule has 0 aromatic heterocycles. The molecule has 0 heterocycles. The lowest BCUT2D eigenvalue weighted by atomic mass is 10.1. The lowest BCUT2D eigenvalue weighted by molar-refractivity contribution is 0.100. The second kappa shape index (κ2) is 6.51. The summed E-state index contributed by atoms with van der Waals surface area (Å²) in [7, 11) is 0. The number of urea groups is 1. The number of nitrogens with two attached hydrogens (primary N) is 1. The summed E-state index contributed by atoms with van der Waals surface area (Å²) in [5.74, 6) is -0.996. The van der Waals surface area contributed by atoms with Crippen LogP contribution in [0.3, 0.4) is 0 Å². The summed E-state index contributed by atoms with van der Waals surface area (Å²) < 4.78 is 13.0. The number of benzene rings is 2. The molecule has 0 saturated carbocycles. The largest absolute Gasteiger partial charge is 0.366 e. The van der Waals surface area contributed by atoms with Crippen LogP contribution >= 0.6 is 0 Å². The maximum Gasteiger partial charge on any atom is 0.319 e. The Morgan fingerprint density at radius 1 is 1.10 bits per heavy atom. The van der Waals surface area contributed by atoms with Gasteiger partial charge in [-0.15, -0.1) is 0 Å². The molecule has 0 aliphatic carbocycles. The molecule has 21 heavy (non-hydrogen) atoms. The summed E-state index contributed by atoms with van der Waals surface area (Å²) in [6, 6.07) is 11.8. The van der Waals surface area contributed by atoms with E-state index < -0.39 is 11.9 Å². The van der Waals surface area contributed by atoms with Gasteiger partial charge in [-0.3, -0.25) is 4.79 Å². The van der Waals surface area contributed by atoms with Gasteiger partial charge in [-0.05, 0) is 29.8 Å². The number of nitrogens with one attached hydrogen (secondary N) is 2. The monoisotopic (exact) mass is 287 g/mol. The van der Waals surface area contributed by atoms with Crippen molar-refractivity contribution in [2.24, 2.45) is 5.73 Å². The predicted octanol–water partition coefficient (Wildman–Crippen LogP) is 2.25. The Bertz CT molecular complexity index is 673. The number of carbonyl (C=O) groups excluding carboxylic acids is 2. The Hall–Kier alpha value is -2.89. The summed E-state index contributed by atoms with van der Waals surface area (Å²) in [6.45, 7) is 0.169. The first-order valence-electron chi connectivity index (χ1n) is 6.24. The zero-order valence-electron chi connectivity index (χ0n) is 11.1. The molecule has 5 nitrogen and oxygen atoms in total. The van der Waals surface area contributed by atoms with Gasteiger partial charge in [0.1, 0.15) is 5.82 Å². The number of rotatable bonds is 4. The highest BCUT2D eigenvalue weighted by molar-refractivity contribution is 6.02. The highest BCUT2D eigenvalue weighted by atomic mass is 19.1. The fourth-order valence-electron chi connectivity index (χ4n) is 1.80. The molecule has 0 unspecified atom stereocenters. The van der Waals surface area contributed by atoms with E-state index in [2.05, 4.69) is 10.6 Å². The molecular weight excluding hydrogens is 273 g/mol. The van der Waals surface area contributed by atoms with Gasteiger partial charge >= 0.3 is 6.03 Å². The molecule has 2 rings (SSSR count). The van der Waals surface area contributed by atoms with Crippen molar-refractivity contribution in [3.8, 4) is 0 Å². The lowest BCUT2D eigenvalue weighted by Crippen LogP contribution is -2.29. The Morgan fingerprint density at radius 3 is 2.57 bits per heavy atom. The van der Waals surface area contributed by atoms with Gasteiger partial charge in [0, 0.05) is 6.54 Å². The van der Waals surface area contributed by atoms with Gasteiger partial charge in [-0.2, -0.15) is 0 Å². The van der Waals surface area contributed by atoms with Crippen LogP contribution in [0, 0.1) is 5.82 Å². The number of carbonyl (C=O) groups is 2. The van der Waals surface area contributed by atoms with E-state index in [1.54, 1.807) is 30.3 Å². The number of para-hydroxylation sites is 1. The van der Waals surface area contributed by atoms with Crippen molar-refractivity contribution in [2.45, 2.75) is 6.54 Å². The zero-order valence-corrected chi connectivity index (χ0v) is 11.1. The number of hydrogen-bond donors (Lipinski definition) is 3. The van der Waals surface area contributed by atoms with Crippen molar-refractivity contribution in [1.82, 2.24) is 5.32 Å². The molecule has 0 spiro atoms. The molecule has 108 valence electrons. The van der Waals surface area contributed by atoms with E-state index in [1.165, 1.54) is 18.2 Å². The van der Waals surface area contributed by atoms with Crippen molar-refractivity contribution in [3.05, 3.63) is 65.5 Å². The summed E-state index contributed by atoms with van der Waals surface area (Å²) in [5.41, 5.74) is 6.39. The van der Waals surface area contributed by atoms with Crippen LogP contribution in [0.4, 0.5) is 14.9 Å². The Labute approximate surface area is 121 Å². The number of anilines is 1. The number of hydrogen-bond acceptors (Lipinski definition) is 2. The second-order valence-corrected chi connectivity index (χ2v) is 4.35. The minimum atomic E-state index is -0.629. The van der Waals surface area contributed by atoms with E-state index in [-0.39, 0.29) is 17.9 Å². The Balaban J connectivity index is 1.98. The maximum absolute atomic E-state index is 13.0. The molecule has 2 aromatic carbocycles. The second-order valence-electron chi connectivity index (χ2n) is 4.35. The quantitative estimate of drug-likeness (QED) is 0.805. The molecule has 6 heteroatoms. The van der Waals surface area contributed by atoms with Crippen LogP contribution in [0.2, 0.25) is 0 Å². The van der Waals surface area contributed by atoms with E-state index in [0.717, 1.165) is 0 Å².